The van der Waals surface area contributed by atoms with Gasteiger partial charge < -0.3 is 25.2 Å². The van der Waals surface area contributed by atoms with Crippen molar-refractivity contribution in [1.29, 1.82) is 0 Å². The molecule has 3 aromatic rings. The Labute approximate surface area is 154 Å². The zero-order valence-corrected chi connectivity index (χ0v) is 14.6. The molecule has 0 atom stereocenters. The molecule has 2 heterocycles. The summed E-state index contributed by atoms with van der Waals surface area (Å²) in [4.78, 5) is 8.96. The van der Waals surface area contributed by atoms with Crippen molar-refractivity contribution < 1.29 is 14.6 Å². The standard InChI is InChI=1S/C18H17ClN4O3/c19-12-2-3-14-13(8-12)17(23-18(22-14)20-5-6-24)21-9-11-1-4-15-16(7-11)26-10-25-15/h1-4,7-8,24H,5-6,9-10H2,(H2,20,21,22,23). The second-order valence-electron chi connectivity index (χ2n) is 5.75. The second kappa shape index (κ2) is 7.23. The Bertz CT molecular complexity index is 951. The molecule has 3 N–H and O–H groups in total. The van der Waals surface area contributed by atoms with Crippen LogP contribution in [0.15, 0.2) is 36.4 Å². The number of hydrogen-bond acceptors (Lipinski definition) is 7. The highest BCUT2D eigenvalue weighted by Gasteiger charge is 2.14. The number of ether oxygens (including phenoxy) is 2. The van der Waals surface area contributed by atoms with Gasteiger partial charge in [0.15, 0.2) is 11.5 Å². The zero-order chi connectivity index (χ0) is 17.9. The van der Waals surface area contributed by atoms with Crippen molar-refractivity contribution in [3.63, 3.8) is 0 Å². The first-order valence-electron chi connectivity index (χ1n) is 8.17. The van der Waals surface area contributed by atoms with Crippen LogP contribution in [0.2, 0.25) is 5.02 Å². The van der Waals surface area contributed by atoms with E-state index < -0.39 is 0 Å². The molecule has 8 heteroatoms. The van der Waals surface area contributed by atoms with Gasteiger partial charge in [-0.25, -0.2) is 4.98 Å². The molecule has 0 fully saturated rings. The average Bonchev–Trinajstić information content (AvgIpc) is 3.12. The lowest BCUT2D eigenvalue weighted by atomic mass is 10.2. The van der Waals surface area contributed by atoms with Crippen molar-refractivity contribution in [2.75, 3.05) is 30.6 Å². The van der Waals surface area contributed by atoms with Crippen LogP contribution in [0.5, 0.6) is 11.5 Å². The third-order valence-electron chi connectivity index (χ3n) is 3.95. The normalized spacial score (nSPS) is 12.4. The zero-order valence-electron chi connectivity index (χ0n) is 13.8. The van der Waals surface area contributed by atoms with Crippen molar-refractivity contribution in [2.24, 2.45) is 0 Å². The van der Waals surface area contributed by atoms with E-state index in [1.165, 1.54) is 0 Å². The first-order valence-corrected chi connectivity index (χ1v) is 8.55. The summed E-state index contributed by atoms with van der Waals surface area (Å²) in [6, 6.07) is 11.3. The molecular weight excluding hydrogens is 356 g/mol. The molecule has 0 unspecified atom stereocenters. The highest BCUT2D eigenvalue weighted by molar-refractivity contribution is 6.31. The monoisotopic (exact) mass is 372 g/mol. The number of aromatic nitrogens is 2. The van der Waals surface area contributed by atoms with Gasteiger partial charge in [0, 0.05) is 23.5 Å². The van der Waals surface area contributed by atoms with Crippen LogP contribution in [-0.4, -0.2) is 35.0 Å². The summed E-state index contributed by atoms with van der Waals surface area (Å²) < 4.78 is 10.7. The maximum Gasteiger partial charge on any atom is 0.231 e. The molecule has 0 saturated carbocycles. The van der Waals surface area contributed by atoms with Gasteiger partial charge in [-0.15, -0.1) is 0 Å². The number of halogens is 1. The lowest BCUT2D eigenvalue weighted by Gasteiger charge is -2.12. The van der Waals surface area contributed by atoms with Gasteiger partial charge >= 0.3 is 0 Å². The van der Waals surface area contributed by atoms with Gasteiger partial charge in [-0.3, -0.25) is 0 Å². The highest BCUT2D eigenvalue weighted by atomic mass is 35.5. The van der Waals surface area contributed by atoms with Gasteiger partial charge in [0.25, 0.3) is 0 Å². The molecule has 0 bridgehead atoms. The first-order chi connectivity index (χ1) is 12.7. The number of aliphatic hydroxyl groups is 1. The topological polar surface area (TPSA) is 88.5 Å². The van der Waals surface area contributed by atoms with Gasteiger partial charge in [-0.2, -0.15) is 4.98 Å². The largest absolute Gasteiger partial charge is 0.454 e. The highest BCUT2D eigenvalue weighted by Crippen LogP contribution is 2.33. The summed E-state index contributed by atoms with van der Waals surface area (Å²) in [5.41, 5.74) is 1.80. The Balaban J connectivity index is 1.62. The summed E-state index contributed by atoms with van der Waals surface area (Å²) in [5, 5.41) is 16.8. The van der Waals surface area contributed by atoms with Gasteiger partial charge in [0.05, 0.1) is 12.1 Å². The molecule has 0 aliphatic carbocycles. The Morgan fingerprint density at radius 3 is 2.81 bits per heavy atom. The van der Waals surface area contributed by atoms with Crippen molar-refractivity contribution in [2.45, 2.75) is 6.54 Å². The molecule has 1 aromatic heterocycles. The van der Waals surface area contributed by atoms with E-state index in [1.807, 2.05) is 30.3 Å². The van der Waals surface area contributed by atoms with E-state index in [0.29, 0.717) is 29.9 Å². The number of fused-ring (bicyclic) bond motifs is 2. The Morgan fingerprint density at radius 2 is 1.92 bits per heavy atom. The molecule has 0 amide bonds. The maximum atomic E-state index is 9.00. The predicted molar refractivity (Wildman–Crippen MR) is 100 cm³/mol. The fourth-order valence-corrected chi connectivity index (χ4v) is 2.89. The molecule has 134 valence electrons. The number of hydrogen-bond donors (Lipinski definition) is 3. The number of nitrogens with zero attached hydrogens (tertiary/aromatic N) is 2. The summed E-state index contributed by atoms with van der Waals surface area (Å²) in [6.07, 6.45) is 0. The van der Waals surface area contributed by atoms with Crippen molar-refractivity contribution in [3.8, 4) is 11.5 Å². The van der Waals surface area contributed by atoms with E-state index in [4.69, 9.17) is 26.2 Å². The first kappa shape index (κ1) is 16.7. The van der Waals surface area contributed by atoms with Crippen LogP contribution in [0.1, 0.15) is 5.56 Å². The fourth-order valence-electron chi connectivity index (χ4n) is 2.72. The van der Waals surface area contributed by atoms with E-state index in [9.17, 15) is 0 Å². The molecule has 0 radical (unpaired) electrons. The number of rotatable bonds is 6. The van der Waals surface area contributed by atoms with Gasteiger partial charge in [0.1, 0.15) is 5.82 Å². The lowest BCUT2D eigenvalue weighted by molar-refractivity contribution is 0.174. The molecule has 1 aliphatic heterocycles. The smallest absolute Gasteiger partial charge is 0.231 e. The second-order valence-corrected chi connectivity index (χ2v) is 6.19. The van der Waals surface area contributed by atoms with Gasteiger partial charge in [-0.1, -0.05) is 17.7 Å². The third-order valence-corrected chi connectivity index (χ3v) is 4.18. The molecule has 2 aromatic carbocycles. The van der Waals surface area contributed by atoms with Crippen LogP contribution >= 0.6 is 11.6 Å². The van der Waals surface area contributed by atoms with Crippen LogP contribution in [0, 0.1) is 0 Å². The van der Waals surface area contributed by atoms with Crippen LogP contribution in [0.25, 0.3) is 10.9 Å². The molecule has 0 saturated heterocycles. The summed E-state index contributed by atoms with van der Waals surface area (Å²) >= 11 is 6.13. The van der Waals surface area contributed by atoms with E-state index >= 15 is 0 Å². The Kier molecular flexibility index (Phi) is 4.64. The molecule has 0 spiro atoms. The van der Waals surface area contributed by atoms with Crippen molar-refractivity contribution in [1.82, 2.24) is 9.97 Å². The molecule has 7 nitrogen and oxygen atoms in total. The number of anilines is 2. The predicted octanol–water partition coefficient (Wildman–Crippen LogP) is 3.03. The van der Waals surface area contributed by atoms with Crippen LogP contribution < -0.4 is 20.1 Å². The minimum absolute atomic E-state index is 0.00196. The van der Waals surface area contributed by atoms with Crippen LogP contribution in [0.4, 0.5) is 11.8 Å². The van der Waals surface area contributed by atoms with Crippen molar-refractivity contribution >= 4 is 34.3 Å². The molecule has 4 rings (SSSR count). The molecule has 1 aliphatic rings. The van der Waals surface area contributed by atoms with Gasteiger partial charge in [-0.05, 0) is 35.9 Å². The summed E-state index contributed by atoms with van der Waals surface area (Å²) in [6.45, 7) is 1.18. The third kappa shape index (κ3) is 3.44. The fraction of sp³-hybridized carbons (Fsp3) is 0.222. The van der Waals surface area contributed by atoms with E-state index in [2.05, 4.69) is 20.6 Å². The number of benzene rings is 2. The Hall–Kier alpha value is -2.77. The average molecular weight is 373 g/mol. The molecule has 26 heavy (non-hydrogen) atoms. The lowest BCUT2D eigenvalue weighted by Crippen LogP contribution is -2.11. The van der Waals surface area contributed by atoms with Crippen LogP contribution in [0.3, 0.4) is 0 Å². The molecular formula is C18H17ClN4O3. The van der Waals surface area contributed by atoms with E-state index in [-0.39, 0.29) is 13.4 Å². The summed E-state index contributed by atoms with van der Waals surface area (Å²) in [5.74, 6) is 2.60. The van der Waals surface area contributed by atoms with E-state index in [1.54, 1.807) is 6.07 Å². The summed E-state index contributed by atoms with van der Waals surface area (Å²) in [7, 11) is 0. The SMILES string of the molecule is OCCNc1nc(NCc2ccc3c(c2)OCO3)c2cc(Cl)ccc2n1. The minimum Gasteiger partial charge on any atom is -0.454 e. The van der Waals surface area contributed by atoms with E-state index in [0.717, 1.165) is 28.0 Å². The van der Waals surface area contributed by atoms with Gasteiger partial charge in [0.2, 0.25) is 12.7 Å². The quantitative estimate of drug-likeness (QED) is 0.612. The minimum atomic E-state index is 0.00196. The Morgan fingerprint density at radius 1 is 1.04 bits per heavy atom. The number of aliphatic hydroxyl groups excluding tert-OH is 1. The van der Waals surface area contributed by atoms with Crippen molar-refractivity contribution in [3.05, 3.63) is 47.0 Å². The number of nitrogens with one attached hydrogen (secondary N) is 2. The maximum absolute atomic E-state index is 9.00. The van der Waals surface area contributed by atoms with Crippen LogP contribution in [-0.2, 0) is 6.54 Å².